The lowest BCUT2D eigenvalue weighted by Crippen LogP contribution is -2.03. The van der Waals surface area contributed by atoms with E-state index in [0.29, 0.717) is 12.7 Å². The summed E-state index contributed by atoms with van der Waals surface area (Å²) in [6, 6.07) is 2.92. The molecule has 0 aliphatic rings. The maximum absolute atomic E-state index is 13.4. The minimum atomic E-state index is -0.851. The van der Waals surface area contributed by atoms with Crippen LogP contribution < -0.4 is 15.2 Å². The van der Waals surface area contributed by atoms with Crippen molar-refractivity contribution in [3.8, 4) is 17.5 Å². The fourth-order valence-corrected chi connectivity index (χ4v) is 1.36. The molecule has 0 amide bonds. The first kappa shape index (κ1) is 13.0. The predicted octanol–water partition coefficient (Wildman–Crippen LogP) is 2.53. The van der Waals surface area contributed by atoms with Crippen LogP contribution in [0.1, 0.15) is 6.92 Å². The molecule has 100 valence electrons. The summed E-state index contributed by atoms with van der Waals surface area (Å²) in [5.41, 5.74) is 5.77. The van der Waals surface area contributed by atoms with E-state index in [0.717, 1.165) is 12.1 Å². The summed E-state index contributed by atoms with van der Waals surface area (Å²) in [7, 11) is 0. The van der Waals surface area contributed by atoms with Crippen molar-refractivity contribution in [2.24, 2.45) is 0 Å². The molecule has 0 aliphatic heterocycles. The lowest BCUT2D eigenvalue weighted by Gasteiger charge is -2.10. The molecule has 2 rings (SSSR count). The number of anilines is 1. The Balaban J connectivity index is 2.30. The molecule has 0 saturated heterocycles. The van der Waals surface area contributed by atoms with E-state index in [2.05, 4.69) is 9.97 Å². The molecule has 5 nitrogen and oxygen atoms in total. The van der Waals surface area contributed by atoms with Gasteiger partial charge in [-0.05, 0) is 19.1 Å². The quantitative estimate of drug-likeness (QED) is 0.921. The molecule has 1 aromatic carbocycles. The average molecular weight is 267 g/mol. The number of rotatable bonds is 4. The molecule has 0 aliphatic carbocycles. The molecule has 7 heteroatoms. The molecule has 19 heavy (non-hydrogen) atoms. The first-order valence-corrected chi connectivity index (χ1v) is 5.48. The van der Waals surface area contributed by atoms with Crippen molar-refractivity contribution in [3.05, 3.63) is 36.2 Å². The van der Waals surface area contributed by atoms with E-state index in [-0.39, 0.29) is 23.2 Å². The SMILES string of the molecule is CCOc1ncnc(Oc2ccc(F)cc2F)c1N. The first-order valence-electron chi connectivity index (χ1n) is 5.48. The van der Waals surface area contributed by atoms with Gasteiger partial charge in [0, 0.05) is 6.07 Å². The van der Waals surface area contributed by atoms with Gasteiger partial charge in [-0.3, -0.25) is 0 Å². The highest BCUT2D eigenvalue weighted by atomic mass is 19.1. The topological polar surface area (TPSA) is 70.3 Å². The van der Waals surface area contributed by atoms with Crippen LogP contribution in [0.2, 0.25) is 0 Å². The standard InChI is InChI=1S/C12H11F2N3O2/c1-2-18-11-10(15)12(17-6-16-11)19-9-4-3-7(13)5-8(9)14/h3-6H,2,15H2,1H3. The van der Waals surface area contributed by atoms with Crippen LogP contribution in [-0.2, 0) is 0 Å². The van der Waals surface area contributed by atoms with Gasteiger partial charge in [0.25, 0.3) is 0 Å². The predicted molar refractivity (Wildman–Crippen MR) is 64.0 cm³/mol. The Kier molecular flexibility index (Phi) is 3.74. The molecule has 0 radical (unpaired) electrons. The summed E-state index contributed by atoms with van der Waals surface area (Å²) < 4.78 is 36.5. The van der Waals surface area contributed by atoms with Crippen LogP contribution in [0.25, 0.3) is 0 Å². The number of benzene rings is 1. The highest BCUT2D eigenvalue weighted by Crippen LogP contribution is 2.31. The van der Waals surface area contributed by atoms with Gasteiger partial charge in [-0.15, -0.1) is 0 Å². The zero-order valence-corrected chi connectivity index (χ0v) is 10.1. The van der Waals surface area contributed by atoms with Crippen LogP contribution in [0.5, 0.6) is 17.5 Å². The number of nitrogen functional groups attached to an aromatic ring is 1. The third-order valence-corrected chi connectivity index (χ3v) is 2.19. The summed E-state index contributed by atoms with van der Waals surface area (Å²) in [6.07, 6.45) is 1.18. The van der Waals surface area contributed by atoms with E-state index >= 15 is 0 Å². The van der Waals surface area contributed by atoms with E-state index in [1.807, 2.05) is 0 Å². The van der Waals surface area contributed by atoms with Crippen molar-refractivity contribution in [1.82, 2.24) is 9.97 Å². The summed E-state index contributed by atoms with van der Waals surface area (Å²) in [4.78, 5) is 7.60. The number of nitrogens with two attached hydrogens (primary N) is 1. The van der Waals surface area contributed by atoms with Gasteiger partial charge < -0.3 is 15.2 Å². The Morgan fingerprint density at radius 1 is 1.21 bits per heavy atom. The molecule has 1 heterocycles. The molecule has 2 N–H and O–H groups in total. The molecule has 0 spiro atoms. The van der Waals surface area contributed by atoms with Crippen LogP contribution in [0.4, 0.5) is 14.5 Å². The van der Waals surface area contributed by atoms with Gasteiger partial charge in [0.05, 0.1) is 6.61 Å². The van der Waals surface area contributed by atoms with Crippen molar-refractivity contribution >= 4 is 5.69 Å². The van der Waals surface area contributed by atoms with Crippen LogP contribution in [0.15, 0.2) is 24.5 Å². The maximum atomic E-state index is 13.4. The normalized spacial score (nSPS) is 10.3. The lowest BCUT2D eigenvalue weighted by molar-refractivity contribution is 0.324. The second-order valence-corrected chi connectivity index (χ2v) is 3.51. The van der Waals surface area contributed by atoms with Gasteiger partial charge in [0.2, 0.25) is 11.8 Å². The van der Waals surface area contributed by atoms with Gasteiger partial charge >= 0.3 is 0 Å². The Morgan fingerprint density at radius 3 is 2.63 bits per heavy atom. The molecule has 0 atom stereocenters. The first-order chi connectivity index (χ1) is 9.11. The minimum absolute atomic E-state index is 0.0491. The third-order valence-electron chi connectivity index (χ3n) is 2.19. The molecule has 0 unspecified atom stereocenters. The van der Waals surface area contributed by atoms with Crippen LogP contribution in [0.3, 0.4) is 0 Å². The largest absolute Gasteiger partial charge is 0.476 e. The van der Waals surface area contributed by atoms with Gasteiger partial charge in [-0.1, -0.05) is 0 Å². The Morgan fingerprint density at radius 2 is 1.95 bits per heavy atom. The summed E-state index contributed by atoms with van der Waals surface area (Å²) >= 11 is 0. The molecule has 2 aromatic rings. The molecular weight excluding hydrogens is 256 g/mol. The number of hydrogen-bond acceptors (Lipinski definition) is 5. The third kappa shape index (κ3) is 2.87. The van der Waals surface area contributed by atoms with Crippen LogP contribution >= 0.6 is 0 Å². The van der Waals surface area contributed by atoms with Crippen molar-refractivity contribution in [2.45, 2.75) is 6.92 Å². The Hall–Kier alpha value is -2.44. The van der Waals surface area contributed by atoms with E-state index < -0.39 is 11.6 Å². The van der Waals surface area contributed by atoms with Crippen molar-refractivity contribution in [2.75, 3.05) is 12.3 Å². The fraction of sp³-hybridized carbons (Fsp3) is 0.167. The molecular formula is C12H11F2N3O2. The van der Waals surface area contributed by atoms with Crippen LogP contribution in [-0.4, -0.2) is 16.6 Å². The zero-order valence-electron chi connectivity index (χ0n) is 10.1. The van der Waals surface area contributed by atoms with Crippen molar-refractivity contribution < 1.29 is 18.3 Å². The maximum Gasteiger partial charge on any atom is 0.249 e. The lowest BCUT2D eigenvalue weighted by atomic mass is 10.3. The Labute approximate surface area is 108 Å². The van der Waals surface area contributed by atoms with Gasteiger partial charge in [0.1, 0.15) is 12.1 Å². The number of halogens is 2. The zero-order chi connectivity index (χ0) is 13.8. The highest BCUT2D eigenvalue weighted by molar-refractivity contribution is 5.56. The Bertz CT molecular complexity index is 593. The number of ether oxygens (including phenoxy) is 2. The minimum Gasteiger partial charge on any atom is -0.476 e. The summed E-state index contributed by atoms with van der Waals surface area (Å²) in [6.45, 7) is 2.13. The van der Waals surface area contributed by atoms with E-state index in [1.54, 1.807) is 6.92 Å². The van der Waals surface area contributed by atoms with Crippen LogP contribution in [0, 0.1) is 11.6 Å². The smallest absolute Gasteiger partial charge is 0.249 e. The number of aromatic nitrogens is 2. The van der Waals surface area contributed by atoms with E-state index in [1.165, 1.54) is 6.33 Å². The van der Waals surface area contributed by atoms with Crippen molar-refractivity contribution in [3.63, 3.8) is 0 Å². The van der Waals surface area contributed by atoms with Gasteiger partial charge in [0.15, 0.2) is 17.3 Å². The second kappa shape index (κ2) is 5.47. The molecule has 0 saturated carbocycles. The van der Waals surface area contributed by atoms with E-state index in [4.69, 9.17) is 15.2 Å². The summed E-state index contributed by atoms with van der Waals surface area (Å²) in [5.74, 6) is -1.64. The number of nitrogens with zero attached hydrogens (tertiary/aromatic N) is 2. The molecule has 0 fully saturated rings. The van der Waals surface area contributed by atoms with Gasteiger partial charge in [-0.25, -0.2) is 8.78 Å². The van der Waals surface area contributed by atoms with E-state index in [9.17, 15) is 8.78 Å². The number of hydrogen-bond donors (Lipinski definition) is 1. The van der Waals surface area contributed by atoms with Crippen molar-refractivity contribution in [1.29, 1.82) is 0 Å². The second-order valence-electron chi connectivity index (χ2n) is 3.51. The summed E-state index contributed by atoms with van der Waals surface area (Å²) in [5, 5.41) is 0. The molecule has 0 bridgehead atoms. The van der Waals surface area contributed by atoms with Gasteiger partial charge in [-0.2, -0.15) is 9.97 Å². The average Bonchev–Trinajstić information content (AvgIpc) is 2.37. The monoisotopic (exact) mass is 267 g/mol. The fourth-order valence-electron chi connectivity index (χ4n) is 1.36. The molecule has 1 aromatic heterocycles. The highest BCUT2D eigenvalue weighted by Gasteiger charge is 2.13.